The Morgan fingerprint density at radius 1 is 1.19 bits per heavy atom. The Kier molecular flexibility index (Phi) is 2.28. The van der Waals surface area contributed by atoms with Crippen LogP contribution in [0.3, 0.4) is 0 Å². The van der Waals surface area contributed by atoms with E-state index >= 15 is 0 Å². The molecule has 3 rings (SSSR count). The van der Waals surface area contributed by atoms with Gasteiger partial charge in [0.15, 0.2) is 6.29 Å². The standard InChI is InChI=1S/C14H15NO/c16-10-12-5-3-4-11-8-9-15(14(11)12)13-6-1-2-7-13/h3-5,8-10,13H,1-2,6-7H2. The van der Waals surface area contributed by atoms with E-state index in [9.17, 15) is 4.79 Å². The van der Waals surface area contributed by atoms with Gasteiger partial charge in [0.1, 0.15) is 0 Å². The number of rotatable bonds is 2. The quantitative estimate of drug-likeness (QED) is 0.699. The maximum Gasteiger partial charge on any atom is 0.152 e. The van der Waals surface area contributed by atoms with Gasteiger partial charge in [0.25, 0.3) is 0 Å². The molecule has 2 heteroatoms. The average molecular weight is 213 g/mol. The molecule has 2 aromatic rings. The molecule has 1 aliphatic carbocycles. The lowest BCUT2D eigenvalue weighted by Gasteiger charge is -2.14. The number of nitrogens with zero attached hydrogens (tertiary/aromatic N) is 1. The predicted molar refractivity (Wildman–Crippen MR) is 64.8 cm³/mol. The molecular formula is C14H15NO. The van der Waals surface area contributed by atoms with E-state index in [2.05, 4.69) is 22.9 Å². The molecule has 1 aromatic carbocycles. The lowest BCUT2D eigenvalue weighted by molar-refractivity contribution is 0.112. The van der Waals surface area contributed by atoms with Crippen molar-refractivity contribution in [3.05, 3.63) is 36.0 Å². The van der Waals surface area contributed by atoms with Gasteiger partial charge in [0.2, 0.25) is 0 Å². The van der Waals surface area contributed by atoms with Crippen LogP contribution >= 0.6 is 0 Å². The van der Waals surface area contributed by atoms with Gasteiger partial charge >= 0.3 is 0 Å². The first kappa shape index (κ1) is 9.64. The van der Waals surface area contributed by atoms with E-state index in [1.807, 2.05) is 12.1 Å². The minimum atomic E-state index is 0.596. The van der Waals surface area contributed by atoms with E-state index in [1.165, 1.54) is 31.1 Å². The van der Waals surface area contributed by atoms with Crippen molar-refractivity contribution in [3.63, 3.8) is 0 Å². The number of aldehydes is 1. The smallest absolute Gasteiger partial charge is 0.152 e. The van der Waals surface area contributed by atoms with Crippen molar-refractivity contribution in [1.29, 1.82) is 0 Å². The van der Waals surface area contributed by atoms with Crippen LogP contribution in [0.15, 0.2) is 30.5 Å². The first-order valence-corrected chi connectivity index (χ1v) is 5.95. The number of hydrogen-bond acceptors (Lipinski definition) is 1. The number of benzene rings is 1. The van der Waals surface area contributed by atoms with Crippen LogP contribution in [0.5, 0.6) is 0 Å². The molecule has 1 saturated carbocycles. The molecule has 0 amide bonds. The predicted octanol–water partition coefficient (Wildman–Crippen LogP) is 3.57. The second-order valence-electron chi connectivity index (χ2n) is 4.56. The summed E-state index contributed by atoms with van der Waals surface area (Å²) in [5.41, 5.74) is 1.93. The Balaban J connectivity index is 2.20. The van der Waals surface area contributed by atoms with Crippen molar-refractivity contribution in [2.24, 2.45) is 0 Å². The molecular weight excluding hydrogens is 198 g/mol. The van der Waals surface area contributed by atoms with Gasteiger partial charge in [0, 0.05) is 23.2 Å². The van der Waals surface area contributed by atoms with Crippen LogP contribution in [0.2, 0.25) is 0 Å². The molecule has 0 atom stereocenters. The van der Waals surface area contributed by atoms with Gasteiger partial charge < -0.3 is 4.57 Å². The number of para-hydroxylation sites is 1. The van der Waals surface area contributed by atoms with Gasteiger partial charge in [-0.1, -0.05) is 25.0 Å². The Bertz CT molecular complexity index is 521. The summed E-state index contributed by atoms with van der Waals surface area (Å²) in [6.45, 7) is 0. The van der Waals surface area contributed by atoms with Crippen LogP contribution in [0, 0.1) is 0 Å². The van der Waals surface area contributed by atoms with Gasteiger partial charge in [-0.05, 0) is 25.0 Å². The van der Waals surface area contributed by atoms with E-state index < -0.39 is 0 Å². The Morgan fingerprint density at radius 2 is 2.00 bits per heavy atom. The SMILES string of the molecule is O=Cc1cccc2ccn(C3CCCC3)c12. The second-order valence-corrected chi connectivity index (χ2v) is 4.56. The van der Waals surface area contributed by atoms with Gasteiger partial charge in [-0.3, -0.25) is 4.79 Å². The summed E-state index contributed by atoms with van der Waals surface area (Å²) in [6, 6.07) is 8.64. The van der Waals surface area contributed by atoms with Crippen LogP contribution in [0.1, 0.15) is 42.1 Å². The third-order valence-corrected chi connectivity index (χ3v) is 3.62. The zero-order chi connectivity index (χ0) is 11.0. The minimum absolute atomic E-state index is 0.596. The van der Waals surface area contributed by atoms with Gasteiger partial charge in [0.05, 0.1) is 5.52 Å². The van der Waals surface area contributed by atoms with Crippen LogP contribution < -0.4 is 0 Å². The summed E-state index contributed by atoms with van der Waals surface area (Å²) in [5, 5.41) is 1.18. The fourth-order valence-electron chi connectivity index (χ4n) is 2.83. The third-order valence-electron chi connectivity index (χ3n) is 3.62. The van der Waals surface area contributed by atoms with E-state index in [1.54, 1.807) is 0 Å². The van der Waals surface area contributed by atoms with Crippen LogP contribution in [0.4, 0.5) is 0 Å². The Morgan fingerprint density at radius 3 is 2.75 bits per heavy atom. The molecule has 0 bridgehead atoms. The van der Waals surface area contributed by atoms with Gasteiger partial charge in [-0.2, -0.15) is 0 Å². The van der Waals surface area contributed by atoms with Crippen molar-refractivity contribution in [1.82, 2.24) is 4.57 Å². The zero-order valence-corrected chi connectivity index (χ0v) is 9.23. The van der Waals surface area contributed by atoms with Gasteiger partial charge in [-0.25, -0.2) is 0 Å². The Labute approximate surface area is 94.9 Å². The molecule has 1 fully saturated rings. The summed E-state index contributed by atoms with van der Waals surface area (Å²) in [6.07, 6.45) is 8.22. The normalized spacial score (nSPS) is 17.0. The molecule has 0 aliphatic heterocycles. The largest absolute Gasteiger partial charge is 0.344 e. The van der Waals surface area contributed by atoms with Crippen molar-refractivity contribution in [3.8, 4) is 0 Å². The van der Waals surface area contributed by atoms with E-state index in [-0.39, 0.29) is 0 Å². The van der Waals surface area contributed by atoms with E-state index in [0.717, 1.165) is 17.4 Å². The van der Waals surface area contributed by atoms with Crippen molar-refractivity contribution in [2.45, 2.75) is 31.7 Å². The highest BCUT2D eigenvalue weighted by Crippen LogP contribution is 2.33. The molecule has 82 valence electrons. The molecule has 2 nitrogen and oxygen atoms in total. The van der Waals surface area contributed by atoms with Crippen LogP contribution in [0.25, 0.3) is 10.9 Å². The lowest BCUT2D eigenvalue weighted by atomic mass is 10.1. The fraction of sp³-hybridized carbons (Fsp3) is 0.357. The number of hydrogen-bond donors (Lipinski definition) is 0. The molecule has 0 radical (unpaired) electrons. The molecule has 1 aromatic heterocycles. The molecule has 16 heavy (non-hydrogen) atoms. The maximum absolute atomic E-state index is 11.1. The number of carbonyl (C=O) groups excluding carboxylic acids is 1. The summed E-state index contributed by atoms with van der Waals surface area (Å²) in [5.74, 6) is 0. The molecule has 1 heterocycles. The molecule has 1 aliphatic rings. The average Bonchev–Trinajstić information content (AvgIpc) is 2.96. The summed E-state index contributed by atoms with van der Waals surface area (Å²) in [7, 11) is 0. The summed E-state index contributed by atoms with van der Waals surface area (Å²) < 4.78 is 2.30. The topological polar surface area (TPSA) is 22.0 Å². The number of aromatic nitrogens is 1. The number of fused-ring (bicyclic) bond motifs is 1. The maximum atomic E-state index is 11.1. The highest BCUT2D eigenvalue weighted by atomic mass is 16.1. The van der Waals surface area contributed by atoms with Gasteiger partial charge in [-0.15, -0.1) is 0 Å². The van der Waals surface area contributed by atoms with Crippen molar-refractivity contribution in [2.75, 3.05) is 0 Å². The zero-order valence-electron chi connectivity index (χ0n) is 9.23. The second kappa shape index (κ2) is 3.78. The summed E-state index contributed by atoms with van der Waals surface area (Å²) >= 11 is 0. The van der Waals surface area contributed by atoms with Crippen molar-refractivity contribution >= 4 is 17.2 Å². The first-order chi connectivity index (χ1) is 7.90. The molecule has 0 spiro atoms. The third kappa shape index (κ3) is 1.37. The lowest BCUT2D eigenvalue weighted by Crippen LogP contribution is -2.04. The molecule has 0 unspecified atom stereocenters. The minimum Gasteiger partial charge on any atom is -0.344 e. The number of carbonyl (C=O) groups is 1. The van der Waals surface area contributed by atoms with Crippen LogP contribution in [-0.4, -0.2) is 10.9 Å². The van der Waals surface area contributed by atoms with Crippen LogP contribution in [-0.2, 0) is 0 Å². The van der Waals surface area contributed by atoms with Crippen molar-refractivity contribution < 1.29 is 4.79 Å². The van der Waals surface area contributed by atoms with E-state index in [4.69, 9.17) is 0 Å². The molecule has 0 saturated heterocycles. The highest BCUT2D eigenvalue weighted by molar-refractivity contribution is 5.96. The monoisotopic (exact) mass is 213 g/mol. The highest BCUT2D eigenvalue weighted by Gasteiger charge is 2.18. The fourth-order valence-corrected chi connectivity index (χ4v) is 2.83. The summed E-state index contributed by atoms with van der Waals surface area (Å²) in [4.78, 5) is 11.1. The molecule has 0 N–H and O–H groups in total. The first-order valence-electron chi connectivity index (χ1n) is 5.95. The Hall–Kier alpha value is -1.57. The van der Waals surface area contributed by atoms with E-state index in [0.29, 0.717) is 6.04 Å².